The molecule has 11 heteroatoms. The maximum Gasteiger partial charge on any atom is 0.281 e. The van der Waals surface area contributed by atoms with Gasteiger partial charge in [-0.3, -0.25) is 9.59 Å². The number of ether oxygens (including phenoxy) is 1. The van der Waals surface area contributed by atoms with E-state index in [1.807, 2.05) is 6.07 Å². The minimum Gasteiger partial charge on any atom is -0.494 e. The average Bonchev–Trinajstić information content (AvgIpc) is 3.29. The molecule has 0 saturated heterocycles. The molecule has 0 unspecified atom stereocenters. The largest absolute Gasteiger partial charge is 0.494 e. The molecular formula is C18H14N8O3. The van der Waals surface area contributed by atoms with Crippen LogP contribution in [-0.4, -0.2) is 47.5 Å². The topological polar surface area (TPSA) is 130 Å². The molecule has 0 radical (unpaired) electrons. The standard InChI is InChI=1S/C18H14N8O3/c1-29-13-7-16(27)26(12-5-3-2-4-6-12)24-17(13)18(28)23-14-8-15(21-10-20-14)25-11-19-9-22-25/h2-11H,1H3,(H,20,21,23,28). The molecule has 4 aromatic rings. The van der Waals surface area contributed by atoms with Crippen LogP contribution in [0.3, 0.4) is 0 Å². The van der Waals surface area contributed by atoms with Gasteiger partial charge in [-0.1, -0.05) is 18.2 Å². The molecule has 0 aliphatic rings. The Kier molecular flexibility index (Phi) is 4.76. The van der Waals surface area contributed by atoms with Crippen molar-refractivity contribution in [3.8, 4) is 17.3 Å². The minimum absolute atomic E-state index is 0.0465. The number of rotatable bonds is 5. The fraction of sp³-hybridized carbons (Fsp3) is 0.0556. The third-order valence-electron chi connectivity index (χ3n) is 3.88. The Balaban J connectivity index is 1.68. The van der Waals surface area contributed by atoms with Crippen molar-refractivity contribution >= 4 is 11.7 Å². The number of benzene rings is 1. The number of nitrogens with one attached hydrogen (secondary N) is 1. The van der Waals surface area contributed by atoms with Crippen molar-refractivity contribution in [2.24, 2.45) is 0 Å². The first-order valence-electron chi connectivity index (χ1n) is 8.38. The molecule has 3 aromatic heterocycles. The normalized spacial score (nSPS) is 10.5. The van der Waals surface area contributed by atoms with E-state index in [9.17, 15) is 9.59 Å². The van der Waals surface area contributed by atoms with Gasteiger partial charge in [0.15, 0.2) is 17.3 Å². The smallest absolute Gasteiger partial charge is 0.281 e. The van der Waals surface area contributed by atoms with E-state index >= 15 is 0 Å². The van der Waals surface area contributed by atoms with Crippen LogP contribution in [0.1, 0.15) is 10.5 Å². The summed E-state index contributed by atoms with van der Waals surface area (Å²) in [5, 5.41) is 10.8. The summed E-state index contributed by atoms with van der Waals surface area (Å²) in [6, 6.07) is 11.5. The number of carbonyl (C=O) groups excluding carboxylic acids is 1. The molecule has 3 heterocycles. The Bertz CT molecular complexity index is 1210. The van der Waals surface area contributed by atoms with Gasteiger partial charge in [0.25, 0.3) is 11.5 Å². The van der Waals surface area contributed by atoms with Crippen molar-refractivity contribution < 1.29 is 9.53 Å². The zero-order valence-electron chi connectivity index (χ0n) is 15.1. The first-order chi connectivity index (χ1) is 14.2. The Morgan fingerprint density at radius 3 is 2.66 bits per heavy atom. The van der Waals surface area contributed by atoms with Crippen LogP contribution in [0.5, 0.6) is 5.75 Å². The van der Waals surface area contributed by atoms with Crippen LogP contribution in [0.2, 0.25) is 0 Å². The van der Waals surface area contributed by atoms with E-state index in [0.29, 0.717) is 11.5 Å². The second-order valence-corrected chi connectivity index (χ2v) is 5.70. The molecule has 0 aliphatic heterocycles. The summed E-state index contributed by atoms with van der Waals surface area (Å²) in [4.78, 5) is 37.1. The van der Waals surface area contributed by atoms with Gasteiger partial charge < -0.3 is 10.1 Å². The molecule has 0 bridgehead atoms. The van der Waals surface area contributed by atoms with Crippen LogP contribution in [0, 0.1) is 0 Å². The summed E-state index contributed by atoms with van der Waals surface area (Å²) >= 11 is 0. The molecule has 0 aliphatic carbocycles. The van der Waals surface area contributed by atoms with Crippen LogP contribution in [0.25, 0.3) is 11.5 Å². The summed E-state index contributed by atoms with van der Waals surface area (Å²) in [6.45, 7) is 0. The maximum absolute atomic E-state index is 12.8. The molecule has 144 valence electrons. The number of para-hydroxylation sites is 1. The fourth-order valence-corrected chi connectivity index (χ4v) is 2.55. The van der Waals surface area contributed by atoms with Crippen LogP contribution in [0.15, 0.2) is 66.2 Å². The fourth-order valence-electron chi connectivity index (χ4n) is 2.55. The number of nitrogens with zero attached hydrogens (tertiary/aromatic N) is 7. The maximum atomic E-state index is 12.8. The van der Waals surface area contributed by atoms with Gasteiger partial charge in [-0.15, -0.1) is 0 Å². The molecule has 11 nitrogen and oxygen atoms in total. The molecule has 0 fully saturated rings. The Hall–Kier alpha value is -4.41. The number of hydrogen-bond donors (Lipinski definition) is 1. The molecular weight excluding hydrogens is 376 g/mol. The highest BCUT2D eigenvalue weighted by atomic mass is 16.5. The number of methoxy groups -OCH3 is 1. The van der Waals surface area contributed by atoms with Crippen LogP contribution in [0.4, 0.5) is 5.82 Å². The van der Waals surface area contributed by atoms with Crippen LogP contribution < -0.4 is 15.6 Å². The molecule has 4 rings (SSSR count). The Morgan fingerprint density at radius 1 is 1.10 bits per heavy atom. The van der Waals surface area contributed by atoms with Crippen LogP contribution >= 0.6 is 0 Å². The lowest BCUT2D eigenvalue weighted by atomic mass is 10.3. The van der Waals surface area contributed by atoms with E-state index in [-0.39, 0.29) is 17.3 Å². The van der Waals surface area contributed by atoms with Gasteiger partial charge in [-0.25, -0.2) is 19.6 Å². The van der Waals surface area contributed by atoms with E-state index in [4.69, 9.17) is 4.74 Å². The SMILES string of the molecule is COc1cc(=O)n(-c2ccccc2)nc1C(=O)Nc1cc(-n2cncn2)ncn1. The highest BCUT2D eigenvalue weighted by Crippen LogP contribution is 2.16. The average molecular weight is 390 g/mol. The lowest BCUT2D eigenvalue weighted by Crippen LogP contribution is -2.26. The third-order valence-corrected chi connectivity index (χ3v) is 3.88. The Morgan fingerprint density at radius 2 is 1.93 bits per heavy atom. The summed E-state index contributed by atoms with van der Waals surface area (Å²) in [5.41, 5.74) is 0.0154. The summed E-state index contributed by atoms with van der Waals surface area (Å²) in [6.07, 6.45) is 4.11. The van der Waals surface area contributed by atoms with Gasteiger partial charge in [0.2, 0.25) is 0 Å². The quantitative estimate of drug-likeness (QED) is 0.531. The van der Waals surface area contributed by atoms with Gasteiger partial charge in [0.05, 0.1) is 18.9 Å². The molecule has 29 heavy (non-hydrogen) atoms. The molecule has 1 N–H and O–H groups in total. The molecule has 1 amide bonds. The van der Waals surface area contributed by atoms with Crippen molar-refractivity contribution in [3.05, 3.63) is 77.5 Å². The second-order valence-electron chi connectivity index (χ2n) is 5.70. The lowest BCUT2D eigenvalue weighted by Gasteiger charge is -2.11. The van der Waals surface area contributed by atoms with Gasteiger partial charge >= 0.3 is 0 Å². The number of carbonyl (C=O) groups is 1. The highest BCUT2D eigenvalue weighted by Gasteiger charge is 2.19. The van der Waals surface area contributed by atoms with Gasteiger partial charge in [-0.05, 0) is 12.1 Å². The molecule has 0 saturated carbocycles. The molecule has 1 aromatic carbocycles. The summed E-state index contributed by atoms with van der Waals surface area (Å²) < 4.78 is 7.71. The molecule has 0 spiro atoms. The van der Waals surface area contributed by atoms with E-state index in [1.165, 1.54) is 42.9 Å². The zero-order chi connectivity index (χ0) is 20.2. The van der Waals surface area contributed by atoms with Crippen molar-refractivity contribution in [2.75, 3.05) is 12.4 Å². The Labute approximate surface area is 163 Å². The van der Waals surface area contributed by atoms with Gasteiger partial charge in [-0.2, -0.15) is 14.9 Å². The predicted octanol–water partition coefficient (Wildman–Crippen LogP) is 0.864. The van der Waals surface area contributed by atoms with Gasteiger partial charge in [0.1, 0.15) is 24.8 Å². The van der Waals surface area contributed by atoms with E-state index in [1.54, 1.807) is 24.3 Å². The van der Waals surface area contributed by atoms with E-state index in [2.05, 4.69) is 30.5 Å². The lowest BCUT2D eigenvalue weighted by molar-refractivity contribution is 0.101. The first-order valence-corrected chi connectivity index (χ1v) is 8.38. The summed E-state index contributed by atoms with van der Waals surface area (Å²) in [5.74, 6) is 0.0822. The highest BCUT2D eigenvalue weighted by molar-refractivity contribution is 6.04. The monoisotopic (exact) mass is 390 g/mol. The number of amides is 1. The first kappa shape index (κ1) is 18.0. The zero-order valence-corrected chi connectivity index (χ0v) is 15.1. The van der Waals surface area contributed by atoms with Crippen molar-refractivity contribution in [3.63, 3.8) is 0 Å². The van der Waals surface area contributed by atoms with Crippen molar-refractivity contribution in [2.45, 2.75) is 0 Å². The summed E-state index contributed by atoms with van der Waals surface area (Å²) in [7, 11) is 1.35. The number of anilines is 1. The minimum atomic E-state index is -0.602. The van der Waals surface area contributed by atoms with Crippen LogP contribution in [-0.2, 0) is 0 Å². The van der Waals surface area contributed by atoms with E-state index in [0.717, 1.165) is 4.68 Å². The third kappa shape index (κ3) is 3.69. The van der Waals surface area contributed by atoms with Gasteiger partial charge in [0, 0.05) is 6.07 Å². The van der Waals surface area contributed by atoms with Crippen molar-refractivity contribution in [1.29, 1.82) is 0 Å². The van der Waals surface area contributed by atoms with Crippen molar-refractivity contribution in [1.82, 2.24) is 34.5 Å². The number of aromatic nitrogens is 7. The van der Waals surface area contributed by atoms with E-state index < -0.39 is 11.5 Å². The number of hydrogen-bond acceptors (Lipinski definition) is 8. The second kappa shape index (κ2) is 7.68. The molecule has 0 atom stereocenters. The predicted molar refractivity (Wildman–Crippen MR) is 101 cm³/mol.